The Hall–Kier alpha value is -1.45. The minimum atomic E-state index is -0.385. The van der Waals surface area contributed by atoms with Crippen molar-refractivity contribution >= 4 is 5.97 Å². The van der Waals surface area contributed by atoms with Crippen molar-refractivity contribution in [3.05, 3.63) is 24.3 Å². The summed E-state index contributed by atoms with van der Waals surface area (Å²) in [5.41, 5.74) is 0.273. The Balaban J connectivity index is 2.20. The standard InChI is InChI=1S/C14H22N2O2/c1-3-4-5-6-7-8-12(2)18-14(17)13-11-15-9-10-16-13/h9-12H,3-8H2,1-2H3. The Bertz CT molecular complexity index is 341. The lowest BCUT2D eigenvalue weighted by Gasteiger charge is -2.12. The molecule has 0 fully saturated rings. The minimum Gasteiger partial charge on any atom is -0.458 e. The fourth-order valence-corrected chi connectivity index (χ4v) is 1.74. The van der Waals surface area contributed by atoms with E-state index in [9.17, 15) is 4.79 Å². The van der Waals surface area contributed by atoms with Gasteiger partial charge in [0, 0.05) is 12.4 Å². The second kappa shape index (κ2) is 8.61. The van der Waals surface area contributed by atoms with Crippen LogP contribution in [0.3, 0.4) is 0 Å². The van der Waals surface area contributed by atoms with Crippen LogP contribution in [0.2, 0.25) is 0 Å². The summed E-state index contributed by atoms with van der Waals surface area (Å²) in [6, 6.07) is 0. The molecular formula is C14H22N2O2. The predicted octanol–water partition coefficient (Wildman–Crippen LogP) is 3.38. The fourth-order valence-electron chi connectivity index (χ4n) is 1.74. The van der Waals surface area contributed by atoms with Crippen molar-refractivity contribution in [2.24, 2.45) is 0 Å². The number of carbonyl (C=O) groups is 1. The Kier molecular flexibility index (Phi) is 6.99. The molecule has 0 bridgehead atoms. The van der Waals surface area contributed by atoms with Crippen molar-refractivity contribution in [1.82, 2.24) is 9.97 Å². The van der Waals surface area contributed by atoms with E-state index in [1.165, 1.54) is 44.3 Å². The largest absolute Gasteiger partial charge is 0.458 e. The molecule has 1 heterocycles. The molecule has 4 heteroatoms. The molecule has 100 valence electrons. The number of nitrogens with zero attached hydrogens (tertiary/aromatic N) is 2. The summed E-state index contributed by atoms with van der Waals surface area (Å²) in [5, 5.41) is 0. The van der Waals surface area contributed by atoms with Gasteiger partial charge in [0.05, 0.1) is 12.3 Å². The van der Waals surface area contributed by atoms with Gasteiger partial charge in [0.25, 0.3) is 0 Å². The summed E-state index contributed by atoms with van der Waals surface area (Å²) in [6.07, 6.45) is 11.4. The van der Waals surface area contributed by atoms with Gasteiger partial charge in [-0.2, -0.15) is 0 Å². The molecular weight excluding hydrogens is 228 g/mol. The first-order chi connectivity index (χ1) is 8.74. The van der Waals surface area contributed by atoms with Gasteiger partial charge in [0.1, 0.15) is 0 Å². The van der Waals surface area contributed by atoms with E-state index < -0.39 is 0 Å². The van der Waals surface area contributed by atoms with Gasteiger partial charge in [-0.15, -0.1) is 0 Å². The van der Waals surface area contributed by atoms with Crippen LogP contribution in [-0.2, 0) is 4.74 Å². The second-order valence-electron chi connectivity index (χ2n) is 4.51. The number of rotatable bonds is 8. The van der Waals surface area contributed by atoms with E-state index in [-0.39, 0.29) is 17.8 Å². The summed E-state index contributed by atoms with van der Waals surface area (Å²) < 4.78 is 5.30. The maximum atomic E-state index is 11.7. The monoisotopic (exact) mass is 250 g/mol. The molecule has 4 nitrogen and oxygen atoms in total. The van der Waals surface area contributed by atoms with Gasteiger partial charge >= 0.3 is 5.97 Å². The highest BCUT2D eigenvalue weighted by Crippen LogP contribution is 2.10. The maximum absolute atomic E-state index is 11.7. The van der Waals surface area contributed by atoms with Crippen molar-refractivity contribution in [3.63, 3.8) is 0 Å². The molecule has 0 saturated carbocycles. The third kappa shape index (κ3) is 5.75. The van der Waals surface area contributed by atoms with Crippen molar-refractivity contribution in [2.45, 2.75) is 58.5 Å². The molecule has 0 amide bonds. The van der Waals surface area contributed by atoms with Crippen LogP contribution in [0.15, 0.2) is 18.6 Å². The molecule has 0 aromatic carbocycles. The summed E-state index contributed by atoms with van der Waals surface area (Å²) >= 11 is 0. The smallest absolute Gasteiger partial charge is 0.358 e. The first kappa shape index (κ1) is 14.6. The van der Waals surface area contributed by atoms with E-state index in [4.69, 9.17) is 4.74 Å². The summed E-state index contributed by atoms with van der Waals surface area (Å²) in [5.74, 6) is -0.385. The molecule has 18 heavy (non-hydrogen) atoms. The molecule has 1 aromatic heterocycles. The van der Waals surface area contributed by atoms with E-state index in [0.717, 1.165) is 12.8 Å². The van der Waals surface area contributed by atoms with Crippen LogP contribution in [0.1, 0.15) is 62.9 Å². The SMILES string of the molecule is CCCCCCCC(C)OC(=O)c1cnccn1. The van der Waals surface area contributed by atoms with Crippen LogP contribution < -0.4 is 0 Å². The number of hydrogen-bond acceptors (Lipinski definition) is 4. The average Bonchev–Trinajstić information content (AvgIpc) is 2.39. The molecule has 1 rings (SSSR count). The normalized spacial score (nSPS) is 12.1. The third-order valence-electron chi connectivity index (χ3n) is 2.79. The van der Waals surface area contributed by atoms with Gasteiger partial charge in [-0.05, 0) is 19.8 Å². The molecule has 0 aliphatic heterocycles. The van der Waals surface area contributed by atoms with Crippen LogP contribution in [0.4, 0.5) is 0 Å². The molecule has 1 unspecified atom stereocenters. The van der Waals surface area contributed by atoms with Gasteiger partial charge in [-0.3, -0.25) is 4.98 Å². The Morgan fingerprint density at radius 3 is 2.72 bits per heavy atom. The van der Waals surface area contributed by atoms with Crippen molar-refractivity contribution in [3.8, 4) is 0 Å². The Morgan fingerprint density at radius 1 is 1.28 bits per heavy atom. The van der Waals surface area contributed by atoms with Gasteiger partial charge in [-0.1, -0.05) is 32.6 Å². The van der Waals surface area contributed by atoms with Crippen molar-refractivity contribution < 1.29 is 9.53 Å². The number of unbranched alkanes of at least 4 members (excludes halogenated alkanes) is 4. The first-order valence-corrected chi connectivity index (χ1v) is 6.71. The average molecular weight is 250 g/mol. The molecule has 0 aliphatic carbocycles. The number of hydrogen-bond donors (Lipinski definition) is 0. The lowest BCUT2D eigenvalue weighted by atomic mass is 10.1. The van der Waals surface area contributed by atoms with Crippen molar-refractivity contribution in [1.29, 1.82) is 0 Å². The minimum absolute atomic E-state index is 0.0545. The van der Waals surface area contributed by atoms with E-state index in [2.05, 4.69) is 16.9 Å². The number of ether oxygens (including phenoxy) is 1. The topological polar surface area (TPSA) is 52.1 Å². The summed E-state index contributed by atoms with van der Waals surface area (Å²) in [4.78, 5) is 19.4. The lowest BCUT2D eigenvalue weighted by molar-refractivity contribution is 0.0312. The maximum Gasteiger partial charge on any atom is 0.358 e. The van der Waals surface area contributed by atoms with Crippen LogP contribution in [0.25, 0.3) is 0 Å². The number of carbonyl (C=O) groups excluding carboxylic acids is 1. The zero-order valence-corrected chi connectivity index (χ0v) is 11.3. The molecule has 1 aromatic rings. The second-order valence-corrected chi connectivity index (χ2v) is 4.51. The Morgan fingerprint density at radius 2 is 2.06 bits per heavy atom. The highest BCUT2D eigenvalue weighted by Gasteiger charge is 2.12. The van der Waals surface area contributed by atoms with Gasteiger partial charge < -0.3 is 4.74 Å². The highest BCUT2D eigenvalue weighted by atomic mass is 16.5. The van der Waals surface area contributed by atoms with E-state index in [1.54, 1.807) is 0 Å². The number of esters is 1. The van der Waals surface area contributed by atoms with Gasteiger partial charge in [-0.25, -0.2) is 9.78 Å². The zero-order chi connectivity index (χ0) is 13.2. The molecule has 0 radical (unpaired) electrons. The van der Waals surface area contributed by atoms with Crippen LogP contribution >= 0.6 is 0 Å². The molecule has 0 spiro atoms. The third-order valence-corrected chi connectivity index (χ3v) is 2.79. The quantitative estimate of drug-likeness (QED) is 0.524. The Labute approximate surface area is 109 Å². The predicted molar refractivity (Wildman–Crippen MR) is 70.3 cm³/mol. The van der Waals surface area contributed by atoms with E-state index in [0.29, 0.717) is 0 Å². The van der Waals surface area contributed by atoms with Gasteiger partial charge in [0.2, 0.25) is 0 Å². The van der Waals surface area contributed by atoms with Crippen molar-refractivity contribution in [2.75, 3.05) is 0 Å². The molecule has 0 saturated heterocycles. The van der Waals surface area contributed by atoms with Crippen LogP contribution in [0, 0.1) is 0 Å². The van der Waals surface area contributed by atoms with E-state index in [1.807, 2.05) is 6.92 Å². The lowest BCUT2D eigenvalue weighted by Crippen LogP contribution is -2.16. The first-order valence-electron chi connectivity index (χ1n) is 6.71. The molecule has 0 aliphatic rings. The molecule has 0 N–H and O–H groups in total. The molecule has 1 atom stereocenters. The van der Waals surface area contributed by atoms with Gasteiger partial charge in [0.15, 0.2) is 5.69 Å². The van der Waals surface area contributed by atoms with E-state index >= 15 is 0 Å². The highest BCUT2D eigenvalue weighted by molar-refractivity contribution is 5.86. The van der Waals surface area contributed by atoms with Crippen LogP contribution in [-0.4, -0.2) is 22.0 Å². The summed E-state index contributed by atoms with van der Waals surface area (Å²) in [6.45, 7) is 4.12. The number of aromatic nitrogens is 2. The van der Waals surface area contributed by atoms with Crippen LogP contribution in [0.5, 0.6) is 0 Å². The fraction of sp³-hybridized carbons (Fsp3) is 0.643. The summed E-state index contributed by atoms with van der Waals surface area (Å²) in [7, 11) is 0. The zero-order valence-electron chi connectivity index (χ0n) is 11.3.